The van der Waals surface area contributed by atoms with Crippen molar-refractivity contribution in [2.24, 2.45) is 0 Å². The van der Waals surface area contributed by atoms with Gasteiger partial charge in [0.1, 0.15) is 5.69 Å². The number of aryl methyl sites for hydroxylation is 1. The van der Waals surface area contributed by atoms with Crippen molar-refractivity contribution in [3.05, 3.63) is 21.1 Å². The molecule has 110 valence electrons. The van der Waals surface area contributed by atoms with Crippen molar-refractivity contribution in [2.75, 3.05) is 17.6 Å². The van der Waals surface area contributed by atoms with Crippen LogP contribution in [0.4, 0.5) is 11.5 Å². The topological polar surface area (TPSA) is 115 Å². The molecule has 0 saturated carbocycles. The molecule has 1 N–H and O–H groups in total. The second-order valence-electron chi connectivity index (χ2n) is 4.54. The summed E-state index contributed by atoms with van der Waals surface area (Å²) in [6.45, 7) is 1.53. The molecule has 0 bridgehead atoms. The molecule has 0 spiro atoms. The molecule has 1 aromatic rings. The zero-order chi connectivity index (χ0) is 14.9. The van der Waals surface area contributed by atoms with Crippen LogP contribution in [0.15, 0.2) is 0 Å². The molecule has 1 aromatic heterocycles. The smallest absolute Gasteiger partial charge is 0.332 e. The lowest BCUT2D eigenvalue weighted by molar-refractivity contribution is -0.385. The first kappa shape index (κ1) is 14.9. The minimum atomic E-state index is -3.12. The van der Waals surface area contributed by atoms with Gasteiger partial charge in [0.25, 0.3) is 0 Å². The molecule has 1 unspecified atom stereocenters. The average molecular weight is 321 g/mol. The summed E-state index contributed by atoms with van der Waals surface area (Å²) in [6, 6.07) is 0. The average Bonchev–Trinajstić information content (AvgIpc) is 2.64. The van der Waals surface area contributed by atoms with Gasteiger partial charge in [-0.25, -0.2) is 13.4 Å². The maximum absolute atomic E-state index is 11.7. The first-order valence-corrected chi connectivity index (χ1v) is 8.04. The van der Waals surface area contributed by atoms with E-state index < -0.39 is 20.0 Å². The SMILES string of the molecule is Cc1nc(Cl)nc(NCC2CCCS2(=O)=O)c1[N+](=O)[O-]. The van der Waals surface area contributed by atoms with Crippen LogP contribution in [0.25, 0.3) is 0 Å². The maximum Gasteiger partial charge on any atom is 0.332 e. The van der Waals surface area contributed by atoms with E-state index in [1.165, 1.54) is 6.92 Å². The molecular formula is C10H13ClN4O4S. The zero-order valence-corrected chi connectivity index (χ0v) is 12.2. The molecule has 2 heterocycles. The molecule has 1 aliphatic rings. The first-order chi connectivity index (χ1) is 9.31. The molecule has 1 atom stereocenters. The Morgan fingerprint density at radius 3 is 2.75 bits per heavy atom. The van der Waals surface area contributed by atoms with Gasteiger partial charge >= 0.3 is 5.69 Å². The Morgan fingerprint density at radius 2 is 2.20 bits per heavy atom. The van der Waals surface area contributed by atoms with Gasteiger partial charge in [0.05, 0.1) is 15.9 Å². The predicted molar refractivity (Wildman–Crippen MR) is 73.7 cm³/mol. The van der Waals surface area contributed by atoms with Crippen molar-refractivity contribution in [3.8, 4) is 0 Å². The third-order valence-electron chi connectivity index (χ3n) is 3.17. The van der Waals surface area contributed by atoms with E-state index in [4.69, 9.17) is 11.6 Å². The number of anilines is 1. The molecule has 0 aliphatic carbocycles. The Labute approximate surface area is 120 Å². The maximum atomic E-state index is 11.7. The van der Waals surface area contributed by atoms with Gasteiger partial charge < -0.3 is 5.32 Å². The summed E-state index contributed by atoms with van der Waals surface area (Å²) in [4.78, 5) is 17.9. The van der Waals surface area contributed by atoms with Crippen LogP contribution in [-0.4, -0.2) is 40.9 Å². The Balaban J connectivity index is 2.23. The summed E-state index contributed by atoms with van der Waals surface area (Å²) in [5, 5.41) is 13.1. The highest BCUT2D eigenvalue weighted by atomic mass is 35.5. The molecule has 1 saturated heterocycles. The third-order valence-corrected chi connectivity index (χ3v) is 5.62. The van der Waals surface area contributed by atoms with Crippen LogP contribution in [0, 0.1) is 17.0 Å². The van der Waals surface area contributed by atoms with Gasteiger partial charge in [-0.1, -0.05) is 0 Å². The molecular weight excluding hydrogens is 308 g/mol. The summed E-state index contributed by atoms with van der Waals surface area (Å²) in [5.41, 5.74) is -0.156. The normalized spacial score (nSPS) is 20.8. The summed E-state index contributed by atoms with van der Waals surface area (Å²) < 4.78 is 23.4. The van der Waals surface area contributed by atoms with Crippen LogP contribution < -0.4 is 5.32 Å². The second-order valence-corrected chi connectivity index (χ2v) is 7.28. The minimum Gasteiger partial charge on any atom is -0.363 e. The summed E-state index contributed by atoms with van der Waals surface area (Å²) in [5.74, 6) is 0.111. The number of hydrogen-bond acceptors (Lipinski definition) is 7. The largest absolute Gasteiger partial charge is 0.363 e. The Bertz CT molecular complexity index is 649. The van der Waals surface area contributed by atoms with Crippen LogP contribution in [0.2, 0.25) is 5.28 Å². The van der Waals surface area contributed by atoms with Crippen LogP contribution in [0.5, 0.6) is 0 Å². The number of halogens is 1. The standard InChI is InChI=1S/C10H13ClN4O4S/c1-6-8(15(16)17)9(14-10(11)13-6)12-5-7-3-2-4-20(7,18)19/h7H,2-5H2,1H3,(H,12,13,14). The second kappa shape index (κ2) is 5.49. The van der Waals surface area contributed by atoms with Gasteiger partial charge in [-0.2, -0.15) is 4.98 Å². The highest BCUT2D eigenvalue weighted by molar-refractivity contribution is 7.92. The quantitative estimate of drug-likeness (QED) is 0.505. The minimum absolute atomic E-state index is 0.0467. The molecule has 1 fully saturated rings. The van der Waals surface area contributed by atoms with Gasteiger partial charge in [-0.15, -0.1) is 0 Å². The van der Waals surface area contributed by atoms with E-state index in [0.717, 1.165) is 0 Å². The molecule has 2 rings (SSSR count). The number of sulfone groups is 1. The van der Waals surface area contributed by atoms with Gasteiger partial charge in [-0.3, -0.25) is 10.1 Å². The number of hydrogen-bond donors (Lipinski definition) is 1. The highest BCUT2D eigenvalue weighted by Gasteiger charge is 2.32. The van der Waals surface area contributed by atoms with Crippen LogP contribution in [-0.2, 0) is 9.84 Å². The summed E-state index contributed by atoms with van der Waals surface area (Å²) in [6.07, 6.45) is 1.15. The van der Waals surface area contributed by atoms with Gasteiger partial charge in [0.15, 0.2) is 9.84 Å². The van der Waals surface area contributed by atoms with Crippen molar-refractivity contribution in [1.29, 1.82) is 0 Å². The number of nitrogens with one attached hydrogen (secondary N) is 1. The Hall–Kier alpha value is -1.48. The van der Waals surface area contributed by atoms with E-state index in [0.29, 0.717) is 12.8 Å². The number of nitrogens with zero attached hydrogens (tertiary/aromatic N) is 3. The fourth-order valence-electron chi connectivity index (χ4n) is 2.17. The van der Waals surface area contributed by atoms with Crippen LogP contribution >= 0.6 is 11.6 Å². The highest BCUT2D eigenvalue weighted by Crippen LogP contribution is 2.27. The number of nitro groups is 1. The fourth-order valence-corrected chi connectivity index (χ4v) is 4.15. The lowest BCUT2D eigenvalue weighted by atomic mass is 10.2. The lowest BCUT2D eigenvalue weighted by Crippen LogP contribution is -2.25. The van der Waals surface area contributed by atoms with E-state index in [9.17, 15) is 18.5 Å². The van der Waals surface area contributed by atoms with Crippen LogP contribution in [0.3, 0.4) is 0 Å². The fraction of sp³-hybridized carbons (Fsp3) is 0.600. The summed E-state index contributed by atoms with van der Waals surface area (Å²) in [7, 11) is -3.12. The predicted octanol–water partition coefficient (Wildman–Crippen LogP) is 1.34. The number of aromatic nitrogens is 2. The van der Waals surface area contributed by atoms with Crippen LogP contribution in [0.1, 0.15) is 18.5 Å². The van der Waals surface area contributed by atoms with E-state index in [1.54, 1.807) is 0 Å². The molecule has 0 aromatic carbocycles. The molecule has 20 heavy (non-hydrogen) atoms. The number of rotatable bonds is 4. The van der Waals surface area contributed by atoms with Crippen molar-refractivity contribution in [3.63, 3.8) is 0 Å². The van der Waals surface area contributed by atoms with Gasteiger partial charge in [0, 0.05) is 6.54 Å². The van der Waals surface area contributed by atoms with Gasteiger partial charge in [0.2, 0.25) is 11.1 Å². The Morgan fingerprint density at radius 1 is 1.50 bits per heavy atom. The summed E-state index contributed by atoms with van der Waals surface area (Å²) >= 11 is 5.68. The molecule has 0 amide bonds. The van der Waals surface area contributed by atoms with Gasteiger partial charge in [-0.05, 0) is 31.4 Å². The van der Waals surface area contributed by atoms with E-state index >= 15 is 0 Å². The van der Waals surface area contributed by atoms with E-state index in [2.05, 4.69) is 15.3 Å². The molecule has 1 aliphatic heterocycles. The van der Waals surface area contributed by atoms with Crippen molar-refractivity contribution >= 4 is 32.9 Å². The van der Waals surface area contributed by atoms with Crippen molar-refractivity contribution < 1.29 is 13.3 Å². The van der Waals surface area contributed by atoms with E-state index in [-0.39, 0.29) is 34.8 Å². The van der Waals surface area contributed by atoms with Crippen molar-refractivity contribution in [2.45, 2.75) is 25.0 Å². The first-order valence-electron chi connectivity index (χ1n) is 5.95. The van der Waals surface area contributed by atoms with E-state index in [1.807, 2.05) is 0 Å². The molecule has 0 radical (unpaired) electrons. The zero-order valence-electron chi connectivity index (χ0n) is 10.7. The lowest BCUT2D eigenvalue weighted by Gasteiger charge is -2.12. The molecule has 8 nitrogen and oxygen atoms in total. The van der Waals surface area contributed by atoms with Crippen molar-refractivity contribution in [1.82, 2.24) is 9.97 Å². The monoisotopic (exact) mass is 320 g/mol. The molecule has 10 heteroatoms. The Kier molecular flexibility index (Phi) is 4.09. The third kappa shape index (κ3) is 2.98.